The minimum absolute atomic E-state index is 0.234. The third-order valence-corrected chi connectivity index (χ3v) is 5.21. The lowest BCUT2D eigenvalue weighted by atomic mass is 10.0. The fourth-order valence-electron chi connectivity index (χ4n) is 2.39. The average Bonchev–Trinajstić information content (AvgIpc) is 2.78. The zero-order valence-corrected chi connectivity index (χ0v) is 13.5. The molecule has 0 bridgehead atoms. The van der Waals surface area contributed by atoms with Crippen molar-refractivity contribution in [1.29, 1.82) is 0 Å². The Morgan fingerprint density at radius 1 is 1.38 bits per heavy atom. The summed E-state index contributed by atoms with van der Waals surface area (Å²) in [5.74, 6) is -0.897. The highest BCUT2D eigenvalue weighted by Crippen LogP contribution is 2.34. The zero-order chi connectivity index (χ0) is 15.7. The predicted octanol–water partition coefficient (Wildman–Crippen LogP) is 4.21. The van der Waals surface area contributed by atoms with E-state index in [1.54, 1.807) is 12.1 Å². The highest BCUT2D eigenvalue weighted by molar-refractivity contribution is 7.21. The third kappa shape index (κ3) is 3.09. The molecule has 0 spiro atoms. The van der Waals surface area contributed by atoms with Gasteiger partial charge in [0.1, 0.15) is 10.7 Å². The lowest BCUT2D eigenvalue weighted by Crippen LogP contribution is -2.33. The molecule has 0 saturated carbocycles. The van der Waals surface area contributed by atoms with Crippen molar-refractivity contribution in [3.63, 3.8) is 0 Å². The number of fused-ring (bicyclic) bond motifs is 1. The van der Waals surface area contributed by atoms with E-state index in [1.165, 1.54) is 6.07 Å². The topological polar surface area (TPSA) is 40.5 Å². The van der Waals surface area contributed by atoms with Gasteiger partial charge in [-0.2, -0.15) is 0 Å². The molecule has 2 rings (SSSR count). The number of hydrogen-bond donors (Lipinski definition) is 1. The Hall–Kier alpha value is -1.46. The Balaban J connectivity index is 2.50. The molecular weight excluding hydrogens is 289 g/mol. The van der Waals surface area contributed by atoms with Crippen molar-refractivity contribution in [2.75, 3.05) is 7.05 Å². The van der Waals surface area contributed by atoms with E-state index in [9.17, 15) is 14.3 Å². The molecule has 1 N–H and O–H groups in total. The summed E-state index contributed by atoms with van der Waals surface area (Å²) >= 11 is 1.14. The Labute approximate surface area is 128 Å². The fourth-order valence-corrected chi connectivity index (χ4v) is 3.46. The van der Waals surface area contributed by atoms with Gasteiger partial charge in [0.25, 0.3) is 0 Å². The van der Waals surface area contributed by atoms with Gasteiger partial charge in [0.2, 0.25) is 0 Å². The summed E-state index contributed by atoms with van der Waals surface area (Å²) in [4.78, 5) is 13.8. The van der Waals surface area contributed by atoms with E-state index in [-0.39, 0.29) is 16.7 Å². The van der Waals surface area contributed by atoms with Crippen molar-refractivity contribution in [3.05, 3.63) is 34.5 Å². The van der Waals surface area contributed by atoms with Gasteiger partial charge in [0, 0.05) is 28.2 Å². The Morgan fingerprint density at radius 3 is 2.62 bits per heavy atom. The van der Waals surface area contributed by atoms with Crippen molar-refractivity contribution in [3.8, 4) is 0 Å². The predicted molar refractivity (Wildman–Crippen MR) is 84.5 cm³/mol. The molecule has 21 heavy (non-hydrogen) atoms. The second-order valence-corrected chi connectivity index (χ2v) is 6.78. The molecule has 1 unspecified atom stereocenters. The summed E-state index contributed by atoms with van der Waals surface area (Å²) in [5.41, 5.74) is 0.579. The molecule has 0 aliphatic rings. The molecular formula is C16H20FNO2S. The quantitative estimate of drug-likeness (QED) is 0.899. The largest absolute Gasteiger partial charge is 0.477 e. The summed E-state index contributed by atoms with van der Waals surface area (Å²) in [5, 5.41) is 9.83. The maximum Gasteiger partial charge on any atom is 0.346 e. The molecule has 0 amide bonds. The van der Waals surface area contributed by atoms with Gasteiger partial charge in [-0.25, -0.2) is 9.18 Å². The maximum atomic E-state index is 14.1. The number of hydrogen-bond acceptors (Lipinski definition) is 3. The SMILES string of the molecule is CC(C)C(C)N(C)Cc1c(C(=O)O)sc2cccc(F)c12. The van der Waals surface area contributed by atoms with E-state index in [2.05, 4.69) is 25.7 Å². The van der Waals surface area contributed by atoms with Crippen LogP contribution in [0.4, 0.5) is 4.39 Å². The first-order valence-electron chi connectivity index (χ1n) is 6.96. The van der Waals surface area contributed by atoms with Gasteiger partial charge < -0.3 is 5.11 Å². The second kappa shape index (κ2) is 6.12. The second-order valence-electron chi connectivity index (χ2n) is 5.73. The van der Waals surface area contributed by atoms with Crippen LogP contribution in [-0.4, -0.2) is 29.1 Å². The molecule has 1 aromatic heterocycles. The monoisotopic (exact) mass is 309 g/mol. The highest BCUT2D eigenvalue weighted by atomic mass is 32.1. The van der Waals surface area contributed by atoms with E-state index in [0.717, 1.165) is 11.3 Å². The number of aromatic carboxylic acids is 1. The van der Waals surface area contributed by atoms with Crippen LogP contribution in [-0.2, 0) is 6.54 Å². The fraction of sp³-hybridized carbons (Fsp3) is 0.438. The number of halogens is 1. The number of nitrogens with zero attached hydrogens (tertiary/aromatic N) is 1. The first-order chi connectivity index (χ1) is 9.82. The smallest absolute Gasteiger partial charge is 0.346 e. The summed E-state index contributed by atoms with van der Waals surface area (Å²) in [7, 11) is 1.95. The van der Waals surface area contributed by atoms with Gasteiger partial charge in [-0.1, -0.05) is 19.9 Å². The zero-order valence-electron chi connectivity index (χ0n) is 12.7. The minimum atomic E-state index is -0.990. The molecule has 5 heteroatoms. The van der Waals surface area contributed by atoms with Crippen LogP contribution in [0.15, 0.2) is 18.2 Å². The van der Waals surface area contributed by atoms with Crippen LogP contribution in [0.2, 0.25) is 0 Å². The van der Waals surface area contributed by atoms with Crippen LogP contribution in [0.1, 0.15) is 36.0 Å². The van der Waals surface area contributed by atoms with E-state index >= 15 is 0 Å². The normalized spacial score (nSPS) is 13.3. The van der Waals surface area contributed by atoms with Crippen LogP contribution < -0.4 is 0 Å². The number of carboxylic acid groups (broad SMARTS) is 1. The van der Waals surface area contributed by atoms with Crippen LogP contribution in [0.25, 0.3) is 10.1 Å². The van der Waals surface area contributed by atoms with E-state index in [0.29, 0.717) is 28.1 Å². The molecule has 0 radical (unpaired) electrons. The van der Waals surface area contributed by atoms with Crippen molar-refractivity contribution in [2.45, 2.75) is 33.4 Å². The Bertz CT molecular complexity index is 666. The molecule has 2 aromatic rings. The summed E-state index contributed by atoms with van der Waals surface area (Å²) in [6.45, 7) is 6.76. The van der Waals surface area contributed by atoms with Crippen molar-refractivity contribution in [1.82, 2.24) is 4.90 Å². The molecule has 1 atom stereocenters. The Morgan fingerprint density at radius 2 is 2.05 bits per heavy atom. The first kappa shape index (κ1) is 15.9. The molecule has 1 aromatic carbocycles. The van der Waals surface area contributed by atoms with Gasteiger partial charge in [-0.3, -0.25) is 4.90 Å². The Kier molecular flexibility index (Phi) is 4.64. The number of rotatable bonds is 5. The maximum absolute atomic E-state index is 14.1. The van der Waals surface area contributed by atoms with Crippen LogP contribution in [0.5, 0.6) is 0 Å². The number of carboxylic acids is 1. The van der Waals surface area contributed by atoms with Gasteiger partial charge in [0.15, 0.2) is 0 Å². The van der Waals surface area contributed by atoms with Gasteiger partial charge >= 0.3 is 5.97 Å². The number of benzene rings is 1. The standard InChI is InChI=1S/C16H20FNO2S/c1-9(2)10(3)18(4)8-11-14-12(17)6-5-7-13(14)21-15(11)16(19)20/h5-7,9-10H,8H2,1-4H3,(H,19,20). The van der Waals surface area contributed by atoms with Gasteiger partial charge in [-0.05, 0) is 32.0 Å². The van der Waals surface area contributed by atoms with E-state index in [4.69, 9.17) is 0 Å². The summed E-state index contributed by atoms with van der Waals surface area (Å²) in [6.07, 6.45) is 0. The third-order valence-electron chi connectivity index (χ3n) is 4.03. The lowest BCUT2D eigenvalue weighted by Gasteiger charge is -2.28. The highest BCUT2D eigenvalue weighted by Gasteiger charge is 2.23. The molecule has 0 saturated heterocycles. The summed E-state index contributed by atoms with van der Waals surface area (Å²) in [6, 6.07) is 5.05. The van der Waals surface area contributed by atoms with Crippen molar-refractivity contribution >= 4 is 27.4 Å². The number of carbonyl (C=O) groups is 1. The summed E-state index contributed by atoms with van der Waals surface area (Å²) < 4.78 is 14.8. The molecule has 1 heterocycles. The van der Waals surface area contributed by atoms with Crippen molar-refractivity contribution in [2.24, 2.45) is 5.92 Å². The molecule has 114 valence electrons. The molecule has 3 nitrogen and oxygen atoms in total. The minimum Gasteiger partial charge on any atom is -0.477 e. The molecule has 0 aliphatic carbocycles. The van der Waals surface area contributed by atoms with Crippen LogP contribution in [0.3, 0.4) is 0 Å². The van der Waals surface area contributed by atoms with Crippen LogP contribution in [0, 0.1) is 11.7 Å². The number of thiophene rings is 1. The van der Waals surface area contributed by atoms with Crippen molar-refractivity contribution < 1.29 is 14.3 Å². The van der Waals surface area contributed by atoms with E-state index < -0.39 is 5.97 Å². The average molecular weight is 309 g/mol. The molecule has 0 fully saturated rings. The van der Waals surface area contributed by atoms with Gasteiger partial charge in [0.05, 0.1) is 0 Å². The first-order valence-corrected chi connectivity index (χ1v) is 7.78. The van der Waals surface area contributed by atoms with E-state index in [1.807, 2.05) is 7.05 Å². The lowest BCUT2D eigenvalue weighted by molar-refractivity contribution is 0.0699. The molecule has 0 aliphatic heterocycles. The van der Waals surface area contributed by atoms with Gasteiger partial charge in [-0.15, -0.1) is 11.3 Å². The van der Waals surface area contributed by atoms with Crippen LogP contribution >= 0.6 is 11.3 Å².